The fourth-order valence-corrected chi connectivity index (χ4v) is 2.72. The van der Waals surface area contributed by atoms with E-state index in [-0.39, 0.29) is 5.69 Å². The van der Waals surface area contributed by atoms with Crippen molar-refractivity contribution in [1.29, 1.82) is 0 Å². The van der Waals surface area contributed by atoms with Gasteiger partial charge in [0.25, 0.3) is 5.91 Å². The normalized spacial score (nSPS) is 14.8. The Morgan fingerprint density at radius 1 is 1.30 bits per heavy atom. The number of H-pyrrole nitrogens is 1. The second kappa shape index (κ2) is 5.13. The molecule has 1 saturated heterocycles. The highest BCUT2D eigenvalue weighted by Gasteiger charge is 2.19. The molecule has 0 bridgehead atoms. The number of anilines is 1. The second-order valence-electron chi connectivity index (χ2n) is 4.74. The molecule has 1 aromatic carbocycles. The van der Waals surface area contributed by atoms with Crippen molar-refractivity contribution < 1.29 is 4.79 Å². The quantitative estimate of drug-likeness (QED) is 0.903. The number of benzene rings is 1. The van der Waals surface area contributed by atoms with E-state index in [9.17, 15) is 4.79 Å². The first kappa shape index (κ1) is 12.9. The van der Waals surface area contributed by atoms with Crippen molar-refractivity contribution in [3.8, 4) is 11.3 Å². The van der Waals surface area contributed by atoms with Crippen molar-refractivity contribution in [3.05, 3.63) is 28.9 Å². The Kier molecular flexibility index (Phi) is 3.31. The van der Waals surface area contributed by atoms with Crippen molar-refractivity contribution >= 4 is 23.2 Å². The fourth-order valence-electron chi connectivity index (χ4n) is 2.46. The number of primary amides is 1. The Morgan fingerprint density at radius 3 is 2.70 bits per heavy atom. The van der Waals surface area contributed by atoms with Crippen molar-refractivity contribution in [2.75, 3.05) is 18.0 Å². The van der Waals surface area contributed by atoms with E-state index in [2.05, 4.69) is 20.3 Å². The van der Waals surface area contributed by atoms with Gasteiger partial charge in [-0.25, -0.2) is 0 Å². The van der Waals surface area contributed by atoms with Crippen LogP contribution in [0.1, 0.15) is 23.3 Å². The standard InChI is InChI=1S/C13H14ClN5O/c14-10-7-8(19-5-1-2-6-19)3-4-9(10)11-12(13(15)20)17-18-16-11/h3-4,7H,1-2,5-6H2,(H2,15,20)(H,16,17,18). The van der Waals surface area contributed by atoms with E-state index in [1.54, 1.807) is 0 Å². The highest BCUT2D eigenvalue weighted by Crippen LogP contribution is 2.32. The number of nitrogens with one attached hydrogen (secondary N) is 1. The molecule has 2 heterocycles. The topological polar surface area (TPSA) is 87.9 Å². The van der Waals surface area contributed by atoms with Crippen LogP contribution in [0.5, 0.6) is 0 Å². The van der Waals surface area contributed by atoms with Gasteiger partial charge in [0.2, 0.25) is 0 Å². The largest absolute Gasteiger partial charge is 0.371 e. The molecule has 0 saturated carbocycles. The Morgan fingerprint density at radius 2 is 2.05 bits per heavy atom. The van der Waals surface area contributed by atoms with Gasteiger partial charge in [0.05, 0.1) is 5.02 Å². The first-order chi connectivity index (χ1) is 9.66. The van der Waals surface area contributed by atoms with Gasteiger partial charge in [-0.2, -0.15) is 15.4 Å². The first-order valence-corrected chi connectivity index (χ1v) is 6.80. The molecule has 20 heavy (non-hydrogen) atoms. The lowest BCUT2D eigenvalue weighted by Gasteiger charge is -2.18. The lowest BCUT2D eigenvalue weighted by atomic mass is 10.1. The third-order valence-electron chi connectivity index (χ3n) is 3.46. The predicted molar refractivity (Wildman–Crippen MR) is 76.8 cm³/mol. The molecular weight excluding hydrogens is 278 g/mol. The van der Waals surface area contributed by atoms with E-state index in [1.807, 2.05) is 18.2 Å². The lowest BCUT2D eigenvalue weighted by molar-refractivity contribution is 0.0996. The van der Waals surface area contributed by atoms with Crippen LogP contribution in [0.3, 0.4) is 0 Å². The maximum Gasteiger partial charge on any atom is 0.271 e. The Labute approximate surface area is 120 Å². The summed E-state index contributed by atoms with van der Waals surface area (Å²) < 4.78 is 0. The number of carbonyl (C=O) groups excluding carboxylic acids is 1. The van der Waals surface area contributed by atoms with Crippen LogP contribution in [-0.2, 0) is 0 Å². The minimum absolute atomic E-state index is 0.0980. The predicted octanol–water partition coefficient (Wildman–Crippen LogP) is 1.82. The van der Waals surface area contributed by atoms with Crippen LogP contribution in [0.25, 0.3) is 11.3 Å². The minimum atomic E-state index is -0.631. The number of aromatic amines is 1. The van der Waals surface area contributed by atoms with E-state index in [4.69, 9.17) is 17.3 Å². The SMILES string of the molecule is NC(=O)c1n[nH]nc1-c1ccc(N2CCCC2)cc1Cl. The van der Waals surface area contributed by atoms with Crippen molar-refractivity contribution in [3.63, 3.8) is 0 Å². The molecule has 3 N–H and O–H groups in total. The Bertz CT molecular complexity index is 648. The second-order valence-corrected chi connectivity index (χ2v) is 5.15. The maximum atomic E-state index is 11.3. The van der Waals surface area contributed by atoms with Gasteiger partial charge in [0.1, 0.15) is 5.69 Å². The Hall–Kier alpha value is -2.08. The summed E-state index contributed by atoms with van der Waals surface area (Å²) in [6.45, 7) is 2.10. The van der Waals surface area contributed by atoms with Crippen LogP contribution in [-0.4, -0.2) is 34.4 Å². The number of hydrogen-bond acceptors (Lipinski definition) is 4. The average molecular weight is 292 g/mol. The molecule has 0 aliphatic carbocycles. The summed E-state index contributed by atoms with van der Waals surface area (Å²) in [5, 5.41) is 10.7. The number of nitrogens with zero attached hydrogens (tertiary/aromatic N) is 3. The zero-order chi connectivity index (χ0) is 14.1. The maximum absolute atomic E-state index is 11.3. The molecule has 3 rings (SSSR count). The molecular formula is C13H14ClN5O. The molecule has 1 aliphatic rings. The molecule has 0 spiro atoms. The number of carbonyl (C=O) groups is 1. The van der Waals surface area contributed by atoms with Gasteiger partial charge in [0.15, 0.2) is 5.69 Å². The summed E-state index contributed by atoms with van der Waals surface area (Å²) in [6, 6.07) is 5.72. The number of halogens is 1. The molecule has 0 atom stereocenters. The molecule has 1 fully saturated rings. The number of hydrogen-bond donors (Lipinski definition) is 2. The Balaban J connectivity index is 1.98. The van der Waals surface area contributed by atoms with Gasteiger partial charge in [-0.05, 0) is 31.0 Å². The van der Waals surface area contributed by atoms with Gasteiger partial charge in [-0.1, -0.05) is 11.6 Å². The van der Waals surface area contributed by atoms with E-state index in [1.165, 1.54) is 12.8 Å². The van der Waals surface area contributed by atoms with Crippen LogP contribution in [0.2, 0.25) is 5.02 Å². The van der Waals surface area contributed by atoms with Gasteiger partial charge in [0, 0.05) is 24.3 Å². The smallest absolute Gasteiger partial charge is 0.271 e. The van der Waals surface area contributed by atoms with E-state index < -0.39 is 5.91 Å². The van der Waals surface area contributed by atoms with Gasteiger partial charge >= 0.3 is 0 Å². The minimum Gasteiger partial charge on any atom is -0.371 e. The monoisotopic (exact) mass is 291 g/mol. The van der Waals surface area contributed by atoms with Crippen LogP contribution in [0.15, 0.2) is 18.2 Å². The highest BCUT2D eigenvalue weighted by molar-refractivity contribution is 6.33. The number of nitrogens with two attached hydrogens (primary N) is 1. The van der Waals surface area contributed by atoms with E-state index in [0.717, 1.165) is 18.8 Å². The average Bonchev–Trinajstić information content (AvgIpc) is 3.10. The molecule has 2 aromatic rings. The third kappa shape index (κ3) is 2.22. The molecule has 1 aliphatic heterocycles. The number of rotatable bonds is 3. The molecule has 104 valence electrons. The summed E-state index contributed by atoms with van der Waals surface area (Å²) in [5.41, 5.74) is 7.48. The van der Waals surface area contributed by atoms with Crippen LogP contribution in [0.4, 0.5) is 5.69 Å². The van der Waals surface area contributed by atoms with Crippen LogP contribution >= 0.6 is 11.6 Å². The third-order valence-corrected chi connectivity index (χ3v) is 3.77. The van der Waals surface area contributed by atoms with Crippen LogP contribution in [0, 0.1) is 0 Å². The summed E-state index contributed by atoms with van der Waals surface area (Å²) in [4.78, 5) is 13.6. The van der Waals surface area contributed by atoms with E-state index >= 15 is 0 Å². The highest BCUT2D eigenvalue weighted by atomic mass is 35.5. The molecule has 1 aromatic heterocycles. The van der Waals surface area contributed by atoms with Crippen molar-refractivity contribution in [1.82, 2.24) is 15.4 Å². The summed E-state index contributed by atoms with van der Waals surface area (Å²) >= 11 is 6.32. The summed E-state index contributed by atoms with van der Waals surface area (Å²) in [5.74, 6) is -0.631. The zero-order valence-corrected chi connectivity index (χ0v) is 11.5. The molecule has 0 radical (unpaired) electrons. The van der Waals surface area contributed by atoms with Crippen molar-refractivity contribution in [2.24, 2.45) is 5.73 Å². The van der Waals surface area contributed by atoms with Crippen molar-refractivity contribution in [2.45, 2.75) is 12.8 Å². The van der Waals surface area contributed by atoms with Gasteiger partial charge in [-0.3, -0.25) is 4.79 Å². The van der Waals surface area contributed by atoms with Crippen LogP contribution < -0.4 is 10.6 Å². The number of amides is 1. The lowest BCUT2D eigenvalue weighted by Crippen LogP contribution is -2.17. The first-order valence-electron chi connectivity index (χ1n) is 6.42. The van der Waals surface area contributed by atoms with E-state index in [0.29, 0.717) is 16.3 Å². The van der Waals surface area contributed by atoms with Gasteiger partial charge in [-0.15, -0.1) is 0 Å². The molecule has 6 nitrogen and oxygen atoms in total. The van der Waals surface area contributed by atoms with Gasteiger partial charge < -0.3 is 10.6 Å². The number of aromatic nitrogens is 3. The summed E-state index contributed by atoms with van der Waals surface area (Å²) in [6.07, 6.45) is 2.41. The fraction of sp³-hybridized carbons (Fsp3) is 0.308. The zero-order valence-electron chi connectivity index (χ0n) is 10.8. The molecule has 7 heteroatoms. The molecule has 0 unspecified atom stereocenters. The summed E-state index contributed by atoms with van der Waals surface area (Å²) in [7, 11) is 0. The molecule has 1 amide bonds.